The third-order valence-corrected chi connectivity index (χ3v) is 1.86. The number of aromatic nitrogens is 4. The molecule has 116 valence electrons. The summed E-state index contributed by atoms with van der Waals surface area (Å²) in [7, 11) is 0. The van der Waals surface area contributed by atoms with Crippen LogP contribution in [0.2, 0.25) is 0 Å². The zero-order valence-corrected chi connectivity index (χ0v) is 14.0. The first-order valence-electron chi connectivity index (χ1n) is 5.18. The summed E-state index contributed by atoms with van der Waals surface area (Å²) in [4.78, 5) is 71.1. The first kappa shape index (κ1) is 19.9. The van der Waals surface area contributed by atoms with E-state index >= 15 is 0 Å². The van der Waals surface area contributed by atoms with Gasteiger partial charge in [-0.25, -0.2) is 0 Å². The number of carboxylic acid groups (broad SMARTS) is 2. The number of nitrogens with one attached hydrogen (secondary N) is 2. The van der Waals surface area contributed by atoms with E-state index in [1.807, 2.05) is 0 Å². The second kappa shape index (κ2) is 8.39. The van der Waals surface area contributed by atoms with E-state index in [4.69, 9.17) is 0 Å². The maximum absolute atomic E-state index is 10.4. The molecule has 0 spiro atoms. The van der Waals surface area contributed by atoms with E-state index < -0.39 is 45.8 Å². The van der Waals surface area contributed by atoms with Gasteiger partial charge >= 0.3 is 19.5 Å². The van der Waals surface area contributed by atoms with Gasteiger partial charge in [0.25, 0.3) is 0 Å². The fourth-order valence-electron chi connectivity index (χ4n) is 1.08. The summed E-state index contributed by atoms with van der Waals surface area (Å²) in [6, 6.07) is 1.35. The minimum atomic E-state index is -1.65. The van der Waals surface area contributed by atoms with Crippen molar-refractivity contribution in [2.24, 2.45) is 0 Å². The smallest absolute Gasteiger partial charge is 0.545 e. The van der Waals surface area contributed by atoms with Gasteiger partial charge in [0.1, 0.15) is 0 Å². The monoisotopic (exact) mass is 372 g/mol. The number of hydrogen-bond acceptors (Lipinski definition) is 8. The summed E-state index contributed by atoms with van der Waals surface area (Å²) in [5.74, 6) is -3.29. The average Bonchev–Trinajstić information content (AvgIpc) is 2.37. The molecule has 23 heavy (non-hydrogen) atoms. The molecule has 0 radical (unpaired) electrons. The molecule has 12 nitrogen and oxygen atoms in total. The van der Waals surface area contributed by atoms with Gasteiger partial charge in [0.2, 0.25) is 0 Å². The molecule has 2 N–H and O–H groups in total. The standard InChI is InChI=1S/2C5H4N2O4.Zn/c2*8-3-1-2(4(9)10)6-5(11)7-3;/h2*1H,(H3,6,7,8,9,10,11);/q;;+2/p-4. The molecular formula is C10H4N4O8Zn-2. The number of carbonyl (C=O) groups excluding carboxylic acids is 2. The van der Waals surface area contributed by atoms with Crippen molar-refractivity contribution >= 4 is 11.9 Å². The Morgan fingerprint density at radius 3 is 1.30 bits per heavy atom. The Bertz CT molecular complexity index is 803. The summed E-state index contributed by atoms with van der Waals surface area (Å²) in [6.45, 7) is 0. The van der Waals surface area contributed by atoms with Crippen molar-refractivity contribution in [3.8, 4) is 0 Å². The van der Waals surface area contributed by atoms with Gasteiger partial charge in [-0.2, -0.15) is 0 Å². The molecule has 0 saturated carbocycles. The molecule has 0 bridgehead atoms. The Morgan fingerprint density at radius 2 is 1.09 bits per heavy atom. The Morgan fingerprint density at radius 1 is 0.783 bits per heavy atom. The van der Waals surface area contributed by atoms with Crippen LogP contribution in [0.15, 0.2) is 31.3 Å². The van der Waals surface area contributed by atoms with Crippen molar-refractivity contribution < 1.29 is 39.3 Å². The largest absolute Gasteiger partial charge is 2.00 e. The van der Waals surface area contributed by atoms with Gasteiger partial charge < -0.3 is 39.7 Å². The topological polar surface area (TPSA) is 208 Å². The van der Waals surface area contributed by atoms with Crippen LogP contribution in [0.4, 0.5) is 0 Å². The van der Waals surface area contributed by atoms with Crippen LogP contribution in [0.1, 0.15) is 21.0 Å². The fourth-order valence-corrected chi connectivity index (χ4v) is 1.08. The van der Waals surface area contributed by atoms with Crippen LogP contribution >= 0.6 is 0 Å². The van der Waals surface area contributed by atoms with Crippen LogP contribution in [-0.2, 0) is 19.5 Å². The zero-order chi connectivity index (χ0) is 16.9. The normalized spacial score (nSPS) is 9.04. The Hall–Kier alpha value is -3.08. The van der Waals surface area contributed by atoms with E-state index in [1.54, 1.807) is 9.97 Å². The number of carbonyl (C=O) groups is 2. The van der Waals surface area contributed by atoms with Gasteiger partial charge in [0, 0.05) is 0 Å². The number of carboxylic acids is 2. The molecule has 2 rings (SSSR count). The van der Waals surface area contributed by atoms with Crippen LogP contribution in [0, 0.1) is 0 Å². The summed E-state index contributed by atoms with van der Waals surface area (Å²) in [6.07, 6.45) is 0. The molecule has 13 heteroatoms. The van der Waals surface area contributed by atoms with Crippen molar-refractivity contribution in [3.63, 3.8) is 0 Å². The van der Waals surface area contributed by atoms with E-state index in [-0.39, 0.29) is 19.5 Å². The van der Waals surface area contributed by atoms with Crippen molar-refractivity contribution in [2.45, 2.75) is 0 Å². The molecule has 0 aliphatic carbocycles. The van der Waals surface area contributed by atoms with Crippen molar-refractivity contribution in [1.29, 1.82) is 0 Å². The van der Waals surface area contributed by atoms with Gasteiger partial charge in [-0.05, 0) is 23.5 Å². The van der Waals surface area contributed by atoms with E-state index in [9.17, 15) is 39.0 Å². The van der Waals surface area contributed by atoms with E-state index in [2.05, 4.69) is 9.97 Å². The Kier molecular flexibility index (Phi) is 7.26. The molecule has 0 aromatic carbocycles. The first-order chi connectivity index (χ1) is 10.2. The Balaban J connectivity index is 0.000000403. The summed E-state index contributed by atoms with van der Waals surface area (Å²) >= 11 is 0. The van der Waals surface area contributed by atoms with Gasteiger partial charge in [0.15, 0.2) is 22.5 Å². The van der Waals surface area contributed by atoms with Crippen LogP contribution < -0.4 is 42.7 Å². The van der Waals surface area contributed by atoms with Crippen LogP contribution in [0.5, 0.6) is 0 Å². The van der Waals surface area contributed by atoms with E-state index in [0.29, 0.717) is 12.1 Å². The fraction of sp³-hybridized carbons (Fsp3) is 0. The number of rotatable bonds is 2. The summed E-state index contributed by atoms with van der Waals surface area (Å²) in [5, 5.41) is 20.1. The minimum absolute atomic E-state index is 0. The van der Waals surface area contributed by atoms with Crippen LogP contribution in [0.25, 0.3) is 0 Å². The third-order valence-electron chi connectivity index (χ3n) is 1.86. The number of aromatic amines is 2. The molecule has 0 aliphatic rings. The van der Waals surface area contributed by atoms with E-state index in [1.165, 1.54) is 0 Å². The molecule has 2 heterocycles. The maximum atomic E-state index is 10.4. The van der Waals surface area contributed by atoms with Crippen LogP contribution in [-0.4, -0.2) is 21.9 Å². The van der Waals surface area contributed by atoms with E-state index in [0.717, 1.165) is 0 Å². The molecule has 2 aromatic heterocycles. The Labute approximate surface area is 137 Å². The molecule has 0 saturated heterocycles. The zero-order valence-electron chi connectivity index (χ0n) is 11.0. The van der Waals surface area contributed by atoms with Gasteiger partial charge in [-0.3, -0.25) is 19.2 Å². The first-order valence-corrected chi connectivity index (χ1v) is 5.18. The predicted molar refractivity (Wildman–Crippen MR) is 62.0 cm³/mol. The predicted octanol–water partition coefficient (Wildman–Crippen LogP) is -5.89. The SMILES string of the molecule is O=C([O-])c1cc(=O)[nH]c(=O)[n-]1.O=C([O-])c1cc(=O)[nH]c(=O)[n-]1.[Zn+2]. The maximum Gasteiger partial charge on any atom is 2.00 e. The number of hydrogen-bond donors (Lipinski definition) is 2. The van der Waals surface area contributed by atoms with Crippen LogP contribution in [0.3, 0.4) is 0 Å². The van der Waals surface area contributed by atoms with Gasteiger partial charge in [-0.15, -0.1) is 0 Å². The number of nitrogens with zero attached hydrogens (tertiary/aromatic N) is 2. The minimum Gasteiger partial charge on any atom is -0.545 e. The summed E-state index contributed by atoms with van der Waals surface area (Å²) < 4.78 is 0. The number of aromatic carboxylic acids is 2. The molecular weight excluding hydrogens is 370 g/mol. The summed E-state index contributed by atoms with van der Waals surface area (Å²) in [5.41, 5.74) is -4.89. The van der Waals surface area contributed by atoms with Gasteiger partial charge in [0.05, 0.1) is 11.9 Å². The number of H-pyrrole nitrogens is 2. The quantitative estimate of drug-likeness (QED) is 0.476. The average molecular weight is 374 g/mol. The van der Waals surface area contributed by atoms with Crippen molar-refractivity contribution in [3.05, 3.63) is 65.2 Å². The second-order valence-electron chi connectivity index (χ2n) is 3.45. The molecule has 0 fully saturated rings. The molecule has 0 unspecified atom stereocenters. The second-order valence-corrected chi connectivity index (χ2v) is 3.45. The third kappa shape index (κ3) is 6.48. The molecule has 0 aliphatic heterocycles. The molecule has 0 atom stereocenters. The molecule has 0 amide bonds. The molecule has 2 aromatic rings. The van der Waals surface area contributed by atoms with Crippen molar-refractivity contribution in [2.75, 3.05) is 0 Å². The van der Waals surface area contributed by atoms with Gasteiger partial charge in [-0.1, -0.05) is 0 Å². The van der Waals surface area contributed by atoms with Crippen molar-refractivity contribution in [1.82, 2.24) is 19.9 Å².